The van der Waals surface area contributed by atoms with Crippen LogP contribution in [0, 0.1) is 6.92 Å². The first-order valence-electron chi connectivity index (χ1n) is 7.87. The maximum atomic E-state index is 12.6. The Morgan fingerprint density at radius 3 is 2.46 bits per heavy atom. The van der Waals surface area contributed by atoms with Crippen LogP contribution in [0.4, 0.5) is 5.69 Å². The van der Waals surface area contributed by atoms with Crippen LogP contribution in [0.15, 0.2) is 42.5 Å². The van der Waals surface area contributed by atoms with Crippen molar-refractivity contribution in [2.24, 2.45) is 0 Å². The first-order chi connectivity index (χ1) is 12.1. The van der Waals surface area contributed by atoms with E-state index in [4.69, 9.17) is 23.2 Å². The van der Waals surface area contributed by atoms with E-state index in [1.165, 1.54) is 0 Å². The fourth-order valence-corrected chi connectivity index (χ4v) is 4.21. The maximum absolute atomic E-state index is 12.6. The Hall–Kier alpha value is -1.76. The SMILES string of the molecule is Cc1cccc(N(C(C)C(=O)NCc2ccc(Cl)cc2Cl)S(C)(=O)=O)c1. The molecule has 0 aliphatic carbocycles. The number of rotatable bonds is 6. The molecule has 2 aromatic carbocycles. The van der Waals surface area contributed by atoms with Crippen LogP contribution >= 0.6 is 23.2 Å². The van der Waals surface area contributed by atoms with Crippen LogP contribution in [0.5, 0.6) is 0 Å². The minimum absolute atomic E-state index is 0.171. The van der Waals surface area contributed by atoms with Crippen molar-refractivity contribution in [2.45, 2.75) is 26.4 Å². The molecule has 5 nitrogen and oxygen atoms in total. The largest absolute Gasteiger partial charge is 0.350 e. The van der Waals surface area contributed by atoms with Gasteiger partial charge in [0.1, 0.15) is 6.04 Å². The predicted octanol–water partition coefficient (Wildman–Crippen LogP) is 3.77. The van der Waals surface area contributed by atoms with E-state index in [0.717, 1.165) is 16.1 Å². The van der Waals surface area contributed by atoms with Gasteiger partial charge in [0.05, 0.1) is 11.9 Å². The van der Waals surface area contributed by atoms with E-state index in [9.17, 15) is 13.2 Å². The summed E-state index contributed by atoms with van der Waals surface area (Å²) < 4.78 is 25.6. The summed E-state index contributed by atoms with van der Waals surface area (Å²) in [5, 5.41) is 3.66. The van der Waals surface area contributed by atoms with Gasteiger partial charge in [-0.3, -0.25) is 9.10 Å². The summed E-state index contributed by atoms with van der Waals surface area (Å²) in [5.41, 5.74) is 2.04. The number of nitrogens with zero attached hydrogens (tertiary/aromatic N) is 1. The van der Waals surface area contributed by atoms with Gasteiger partial charge in [0.2, 0.25) is 15.9 Å². The summed E-state index contributed by atoms with van der Waals surface area (Å²) in [6.07, 6.45) is 1.08. The standard InChI is InChI=1S/C18H20Cl2N2O3S/c1-12-5-4-6-16(9-12)22(26(3,24)25)13(2)18(23)21-11-14-7-8-15(19)10-17(14)20/h4-10,13H,11H2,1-3H3,(H,21,23). The molecular formula is C18H20Cl2N2O3S. The molecular weight excluding hydrogens is 395 g/mol. The topological polar surface area (TPSA) is 66.5 Å². The average molecular weight is 415 g/mol. The highest BCUT2D eigenvalue weighted by atomic mass is 35.5. The number of carbonyl (C=O) groups excluding carboxylic acids is 1. The molecule has 8 heteroatoms. The third kappa shape index (κ3) is 5.13. The van der Waals surface area contributed by atoms with Crippen LogP contribution in [0.25, 0.3) is 0 Å². The van der Waals surface area contributed by atoms with Crippen LogP contribution in [-0.2, 0) is 21.4 Å². The van der Waals surface area contributed by atoms with Gasteiger partial charge in [-0.05, 0) is 49.2 Å². The van der Waals surface area contributed by atoms with Crippen molar-refractivity contribution in [3.8, 4) is 0 Å². The normalized spacial score (nSPS) is 12.5. The Morgan fingerprint density at radius 2 is 1.88 bits per heavy atom. The van der Waals surface area contributed by atoms with E-state index in [1.807, 2.05) is 13.0 Å². The summed E-state index contributed by atoms with van der Waals surface area (Å²) in [6.45, 7) is 3.57. The van der Waals surface area contributed by atoms with E-state index in [-0.39, 0.29) is 6.54 Å². The minimum Gasteiger partial charge on any atom is -0.350 e. The first-order valence-corrected chi connectivity index (χ1v) is 10.5. The maximum Gasteiger partial charge on any atom is 0.243 e. The van der Waals surface area contributed by atoms with Gasteiger partial charge in [-0.15, -0.1) is 0 Å². The van der Waals surface area contributed by atoms with Crippen LogP contribution in [0.2, 0.25) is 10.0 Å². The Kier molecular flexibility index (Phi) is 6.55. The number of benzene rings is 2. The monoisotopic (exact) mass is 414 g/mol. The van der Waals surface area contributed by atoms with Crippen molar-refractivity contribution in [3.05, 3.63) is 63.6 Å². The molecule has 1 N–H and O–H groups in total. The lowest BCUT2D eigenvalue weighted by Gasteiger charge is -2.28. The average Bonchev–Trinajstić information content (AvgIpc) is 2.52. The molecule has 0 saturated heterocycles. The van der Waals surface area contributed by atoms with Crippen LogP contribution < -0.4 is 9.62 Å². The second kappa shape index (κ2) is 8.29. The van der Waals surface area contributed by atoms with Crippen molar-refractivity contribution >= 4 is 44.8 Å². The fourth-order valence-electron chi connectivity index (χ4n) is 2.57. The van der Waals surface area contributed by atoms with Gasteiger partial charge in [-0.2, -0.15) is 0 Å². The zero-order chi connectivity index (χ0) is 19.5. The van der Waals surface area contributed by atoms with Gasteiger partial charge < -0.3 is 5.32 Å². The molecule has 1 unspecified atom stereocenters. The third-order valence-electron chi connectivity index (χ3n) is 3.81. The number of carbonyl (C=O) groups is 1. The summed E-state index contributed by atoms with van der Waals surface area (Å²) in [6, 6.07) is 11.0. The molecule has 0 aliphatic rings. The lowest BCUT2D eigenvalue weighted by atomic mass is 10.2. The molecule has 0 bridgehead atoms. The molecule has 0 spiro atoms. The lowest BCUT2D eigenvalue weighted by molar-refractivity contribution is -0.122. The molecule has 0 aromatic heterocycles. The van der Waals surface area contributed by atoms with Crippen molar-refractivity contribution < 1.29 is 13.2 Å². The van der Waals surface area contributed by atoms with E-state index < -0.39 is 22.0 Å². The molecule has 0 radical (unpaired) electrons. The number of hydrogen-bond acceptors (Lipinski definition) is 3. The van der Waals surface area contributed by atoms with Crippen LogP contribution in [-0.4, -0.2) is 26.6 Å². The Bertz CT molecular complexity index is 916. The molecule has 140 valence electrons. The predicted molar refractivity (Wildman–Crippen MR) is 106 cm³/mol. The third-order valence-corrected chi connectivity index (χ3v) is 5.64. The van der Waals surface area contributed by atoms with E-state index in [2.05, 4.69) is 5.32 Å². The van der Waals surface area contributed by atoms with Crippen molar-refractivity contribution in [3.63, 3.8) is 0 Å². The summed E-state index contributed by atoms with van der Waals surface area (Å²) in [7, 11) is -3.65. The van der Waals surface area contributed by atoms with Gasteiger partial charge in [0, 0.05) is 16.6 Å². The molecule has 2 aromatic rings. The lowest BCUT2D eigenvalue weighted by Crippen LogP contribution is -2.47. The molecule has 0 fully saturated rings. The van der Waals surface area contributed by atoms with Gasteiger partial charge in [-0.25, -0.2) is 8.42 Å². The summed E-state index contributed by atoms with van der Waals surface area (Å²) in [5.74, 6) is -0.428. The zero-order valence-electron chi connectivity index (χ0n) is 14.7. The number of nitrogens with one attached hydrogen (secondary N) is 1. The zero-order valence-corrected chi connectivity index (χ0v) is 17.0. The van der Waals surface area contributed by atoms with Crippen molar-refractivity contribution in [1.82, 2.24) is 5.32 Å². The van der Waals surface area contributed by atoms with Gasteiger partial charge in [-0.1, -0.05) is 41.4 Å². The van der Waals surface area contributed by atoms with Crippen molar-refractivity contribution in [2.75, 3.05) is 10.6 Å². The number of sulfonamides is 1. The highest BCUT2D eigenvalue weighted by Gasteiger charge is 2.29. The van der Waals surface area contributed by atoms with Gasteiger partial charge in [0.15, 0.2) is 0 Å². The Morgan fingerprint density at radius 1 is 1.19 bits per heavy atom. The second-order valence-electron chi connectivity index (χ2n) is 6.03. The van der Waals surface area contributed by atoms with E-state index in [0.29, 0.717) is 21.3 Å². The Labute approximate surface area is 164 Å². The molecule has 2 rings (SSSR count). The number of amides is 1. The van der Waals surface area contributed by atoms with Crippen molar-refractivity contribution in [1.29, 1.82) is 0 Å². The molecule has 1 atom stereocenters. The van der Waals surface area contributed by atoms with Crippen LogP contribution in [0.1, 0.15) is 18.1 Å². The number of anilines is 1. The minimum atomic E-state index is -3.65. The second-order valence-corrected chi connectivity index (χ2v) is 8.73. The quantitative estimate of drug-likeness (QED) is 0.781. The molecule has 1 amide bonds. The van der Waals surface area contributed by atoms with E-state index in [1.54, 1.807) is 43.3 Å². The van der Waals surface area contributed by atoms with Crippen LogP contribution in [0.3, 0.4) is 0 Å². The van der Waals surface area contributed by atoms with E-state index >= 15 is 0 Å². The highest BCUT2D eigenvalue weighted by molar-refractivity contribution is 7.92. The molecule has 0 saturated carbocycles. The first kappa shape index (κ1) is 20.6. The Balaban J connectivity index is 2.20. The molecule has 26 heavy (non-hydrogen) atoms. The fraction of sp³-hybridized carbons (Fsp3) is 0.278. The smallest absolute Gasteiger partial charge is 0.243 e. The van der Waals surface area contributed by atoms with Gasteiger partial charge in [0.25, 0.3) is 0 Å². The molecule has 0 heterocycles. The number of halogens is 2. The van der Waals surface area contributed by atoms with Gasteiger partial charge >= 0.3 is 0 Å². The number of hydrogen-bond donors (Lipinski definition) is 1. The molecule has 0 aliphatic heterocycles. The highest BCUT2D eigenvalue weighted by Crippen LogP contribution is 2.23. The number of aryl methyl sites for hydroxylation is 1. The summed E-state index contributed by atoms with van der Waals surface area (Å²) >= 11 is 12.0. The summed E-state index contributed by atoms with van der Waals surface area (Å²) in [4.78, 5) is 12.6.